The van der Waals surface area contributed by atoms with Crippen LogP contribution in [0.4, 0.5) is 5.69 Å². The van der Waals surface area contributed by atoms with Gasteiger partial charge in [-0.25, -0.2) is 0 Å². The Balaban J connectivity index is 2.20. The molecule has 3 heteroatoms. The second-order valence-corrected chi connectivity index (χ2v) is 4.16. The van der Waals surface area contributed by atoms with E-state index in [4.69, 9.17) is 5.11 Å². The number of aliphatic hydroxyl groups is 1. The van der Waals surface area contributed by atoms with Crippen molar-refractivity contribution < 1.29 is 9.90 Å². The number of rotatable bonds is 3. The summed E-state index contributed by atoms with van der Waals surface area (Å²) in [5.74, 6) is -0.0662. The number of para-hydroxylation sites is 1. The van der Waals surface area contributed by atoms with Gasteiger partial charge in [-0.05, 0) is 31.4 Å². The third kappa shape index (κ3) is 2.25. The summed E-state index contributed by atoms with van der Waals surface area (Å²) in [5, 5.41) is 8.98. The Kier molecular flexibility index (Phi) is 3.57. The molecule has 0 radical (unpaired) electrons. The number of carbonyl (C=O) groups is 1. The van der Waals surface area contributed by atoms with Gasteiger partial charge >= 0.3 is 0 Å². The monoisotopic (exact) mass is 219 g/mol. The maximum atomic E-state index is 11.7. The summed E-state index contributed by atoms with van der Waals surface area (Å²) in [4.78, 5) is 13.8. The van der Waals surface area contributed by atoms with Crippen molar-refractivity contribution in [2.24, 2.45) is 0 Å². The van der Waals surface area contributed by atoms with Crippen molar-refractivity contribution in [2.75, 3.05) is 18.1 Å². The minimum absolute atomic E-state index is 0.0662. The fourth-order valence-corrected chi connectivity index (χ4v) is 2.30. The van der Waals surface area contributed by atoms with E-state index in [1.54, 1.807) is 0 Å². The van der Waals surface area contributed by atoms with Crippen LogP contribution in [0.15, 0.2) is 30.3 Å². The van der Waals surface area contributed by atoms with Gasteiger partial charge in [0.1, 0.15) is 6.61 Å². The average Bonchev–Trinajstić information content (AvgIpc) is 2.39. The van der Waals surface area contributed by atoms with Crippen LogP contribution in [0, 0.1) is 0 Å². The van der Waals surface area contributed by atoms with Gasteiger partial charge in [-0.2, -0.15) is 0 Å². The van der Waals surface area contributed by atoms with E-state index in [1.807, 2.05) is 30.3 Å². The summed E-state index contributed by atoms with van der Waals surface area (Å²) in [7, 11) is 0. The van der Waals surface area contributed by atoms with Crippen LogP contribution >= 0.6 is 0 Å². The van der Waals surface area contributed by atoms with Gasteiger partial charge < -0.3 is 10.0 Å². The molecule has 0 spiro atoms. The van der Waals surface area contributed by atoms with E-state index >= 15 is 0 Å². The van der Waals surface area contributed by atoms with E-state index in [0.29, 0.717) is 0 Å². The number of aliphatic hydroxyl groups excluding tert-OH is 1. The Hall–Kier alpha value is -1.35. The number of nitrogens with zero attached hydrogens (tertiary/aromatic N) is 1. The molecule has 1 unspecified atom stereocenters. The predicted octanol–water partition coefficient (Wildman–Crippen LogP) is 1.61. The molecule has 1 aromatic carbocycles. The second kappa shape index (κ2) is 5.12. The standard InChI is InChI=1S/C13H17NO2/c15-10-13(16)12-8-4-5-9-14(12)11-6-2-1-3-7-11/h1-3,6-7,12,15H,4-5,8-10H2. The summed E-state index contributed by atoms with van der Waals surface area (Å²) in [6.07, 6.45) is 3.04. The topological polar surface area (TPSA) is 40.5 Å². The van der Waals surface area contributed by atoms with Crippen LogP contribution in [0.1, 0.15) is 19.3 Å². The van der Waals surface area contributed by atoms with Crippen LogP contribution in [0.25, 0.3) is 0 Å². The summed E-state index contributed by atoms with van der Waals surface area (Å²) in [5.41, 5.74) is 1.08. The van der Waals surface area contributed by atoms with E-state index < -0.39 is 0 Å². The van der Waals surface area contributed by atoms with Crippen molar-refractivity contribution in [3.63, 3.8) is 0 Å². The molecule has 16 heavy (non-hydrogen) atoms. The second-order valence-electron chi connectivity index (χ2n) is 4.16. The lowest BCUT2D eigenvalue weighted by Crippen LogP contribution is -2.45. The fourth-order valence-electron chi connectivity index (χ4n) is 2.30. The van der Waals surface area contributed by atoms with Crippen molar-refractivity contribution in [2.45, 2.75) is 25.3 Å². The summed E-state index contributed by atoms with van der Waals surface area (Å²) in [6, 6.07) is 9.82. The molecule has 0 amide bonds. The van der Waals surface area contributed by atoms with Crippen LogP contribution in [0.3, 0.4) is 0 Å². The van der Waals surface area contributed by atoms with Crippen LogP contribution in [-0.4, -0.2) is 30.1 Å². The molecule has 1 aromatic rings. The molecule has 1 saturated heterocycles. The lowest BCUT2D eigenvalue weighted by atomic mass is 9.98. The minimum Gasteiger partial charge on any atom is -0.389 e. The number of ketones is 1. The number of piperidine rings is 1. The number of anilines is 1. The molecule has 1 heterocycles. The Morgan fingerprint density at radius 3 is 2.75 bits per heavy atom. The zero-order chi connectivity index (χ0) is 11.4. The SMILES string of the molecule is O=C(CO)C1CCCCN1c1ccccc1. The van der Waals surface area contributed by atoms with Gasteiger partial charge in [0.15, 0.2) is 5.78 Å². The molecule has 0 saturated carbocycles. The molecule has 0 bridgehead atoms. The van der Waals surface area contributed by atoms with Crippen molar-refractivity contribution in [3.05, 3.63) is 30.3 Å². The van der Waals surface area contributed by atoms with Crippen LogP contribution < -0.4 is 4.90 Å². The molecule has 1 atom stereocenters. The first-order valence-electron chi connectivity index (χ1n) is 5.78. The quantitative estimate of drug-likeness (QED) is 0.839. The van der Waals surface area contributed by atoms with Crippen LogP contribution in [-0.2, 0) is 4.79 Å². The van der Waals surface area contributed by atoms with E-state index in [2.05, 4.69) is 4.90 Å². The third-order valence-electron chi connectivity index (χ3n) is 3.12. The molecule has 1 aliphatic heterocycles. The van der Waals surface area contributed by atoms with Crippen molar-refractivity contribution >= 4 is 11.5 Å². The fraction of sp³-hybridized carbons (Fsp3) is 0.462. The maximum absolute atomic E-state index is 11.7. The summed E-state index contributed by atoms with van der Waals surface area (Å²) < 4.78 is 0. The van der Waals surface area contributed by atoms with E-state index in [0.717, 1.165) is 31.5 Å². The zero-order valence-corrected chi connectivity index (χ0v) is 9.30. The number of Topliss-reactive ketones (excluding diaryl/α,β-unsaturated/α-hetero) is 1. The van der Waals surface area contributed by atoms with Crippen molar-refractivity contribution in [1.29, 1.82) is 0 Å². The summed E-state index contributed by atoms with van der Waals surface area (Å²) >= 11 is 0. The minimum atomic E-state index is -0.353. The molecule has 1 N–H and O–H groups in total. The van der Waals surface area contributed by atoms with Gasteiger partial charge in [-0.15, -0.1) is 0 Å². The molecule has 0 aliphatic carbocycles. The number of hydrogen-bond acceptors (Lipinski definition) is 3. The highest BCUT2D eigenvalue weighted by molar-refractivity contribution is 5.88. The molecule has 0 aromatic heterocycles. The Morgan fingerprint density at radius 1 is 1.31 bits per heavy atom. The highest BCUT2D eigenvalue weighted by Crippen LogP contribution is 2.24. The lowest BCUT2D eigenvalue weighted by Gasteiger charge is -2.36. The van der Waals surface area contributed by atoms with E-state index in [-0.39, 0.29) is 18.4 Å². The zero-order valence-electron chi connectivity index (χ0n) is 9.30. The lowest BCUT2D eigenvalue weighted by molar-refractivity contribution is -0.123. The van der Waals surface area contributed by atoms with E-state index in [9.17, 15) is 4.79 Å². The maximum Gasteiger partial charge on any atom is 0.180 e. The molecular weight excluding hydrogens is 202 g/mol. The number of benzene rings is 1. The Morgan fingerprint density at radius 2 is 2.06 bits per heavy atom. The first-order valence-corrected chi connectivity index (χ1v) is 5.78. The third-order valence-corrected chi connectivity index (χ3v) is 3.12. The van der Waals surface area contributed by atoms with Crippen LogP contribution in [0.5, 0.6) is 0 Å². The number of carbonyl (C=O) groups excluding carboxylic acids is 1. The molecule has 1 aliphatic rings. The normalized spacial score (nSPS) is 20.8. The van der Waals surface area contributed by atoms with Gasteiger partial charge in [0.2, 0.25) is 0 Å². The smallest absolute Gasteiger partial charge is 0.180 e. The average molecular weight is 219 g/mol. The molecule has 86 valence electrons. The van der Waals surface area contributed by atoms with Crippen molar-refractivity contribution in [1.82, 2.24) is 0 Å². The molecular formula is C13H17NO2. The van der Waals surface area contributed by atoms with Gasteiger partial charge in [-0.3, -0.25) is 4.79 Å². The van der Waals surface area contributed by atoms with Gasteiger partial charge in [0, 0.05) is 12.2 Å². The van der Waals surface area contributed by atoms with Crippen LogP contribution in [0.2, 0.25) is 0 Å². The highest BCUT2D eigenvalue weighted by atomic mass is 16.3. The molecule has 1 fully saturated rings. The predicted molar refractivity (Wildman–Crippen MR) is 63.5 cm³/mol. The highest BCUT2D eigenvalue weighted by Gasteiger charge is 2.27. The van der Waals surface area contributed by atoms with Gasteiger partial charge in [-0.1, -0.05) is 18.2 Å². The van der Waals surface area contributed by atoms with Crippen molar-refractivity contribution in [3.8, 4) is 0 Å². The van der Waals surface area contributed by atoms with Gasteiger partial charge in [0.25, 0.3) is 0 Å². The first kappa shape index (κ1) is 11.1. The Labute approximate surface area is 95.7 Å². The van der Waals surface area contributed by atoms with Gasteiger partial charge in [0.05, 0.1) is 6.04 Å². The Bertz CT molecular complexity index is 350. The first-order chi connectivity index (χ1) is 7.83. The van der Waals surface area contributed by atoms with E-state index in [1.165, 1.54) is 0 Å². The number of hydrogen-bond donors (Lipinski definition) is 1. The molecule has 2 rings (SSSR count). The molecule has 3 nitrogen and oxygen atoms in total. The summed E-state index contributed by atoms with van der Waals surface area (Å²) in [6.45, 7) is 0.550. The largest absolute Gasteiger partial charge is 0.389 e.